The van der Waals surface area contributed by atoms with Crippen molar-refractivity contribution in [2.45, 2.75) is 141 Å². The lowest BCUT2D eigenvalue weighted by Crippen LogP contribution is -2.24. The van der Waals surface area contributed by atoms with Crippen molar-refractivity contribution in [2.75, 3.05) is 40.3 Å². The molecule has 1 aliphatic carbocycles. The minimum Gasteiger partial charge on any atom is -0.306 e. The van der Waals surface area contributed by atoms with E-state index in [9.17, 15) is 0 Å². The molecule has 0 amide bonds. The average Bonchev–Trinajstić information content (AvgIpc) is 3.68. The van der Waals surface area contributed by atoms with Crippen LogP contribution in [0.5, 0.6) is 0 Å². The third-order valence-electron chi connectivity index (χ3n) is 8.25. The molecule has 0 spiro atoms. The second-order valence-corrected chi connectivity index (χ2v) is 15.0. The lowest BCUT2D eigenvalue weighted by atomic mass is 9.91. The van der Waals surface area contributed by atoms with Gasteiger partial charge in [0.05, 0.1) is 0 Å². The molecule has 3 fully saturated rings. The Morgan fingerprint density at radius 3 is 1.21 bits per heavy atom. The summed E-state index contributed by atoms with van der Waals surface area (Å²) in [4.78, 5) is 11.7. The molecule has 3 aromatic rings. The van der Waals surface area contributed by atoms with Crippen molar-refractivity contribution in [3.63, 3.8) is 0 Å². The van der Waals surface area contributed by atoms with Crippen LogP contribution in [0.1, 0.15) is 131 Å². The molecule has 2 saturated heterocycles. The van der Waals surface area contributed by atoms with E-state index in [2.05, 4.69) is 113 Å². The first-order valence-corrected chi connectivity index (χ1v) is 20.1. The number of likely N-dealkylation sites (tertiary alicyclic amines) is 2. The second-order valence-electron chi connectivity index (χ2n) is 13.6. The van der Waals surface area contributed by atoms with Crippen molar-refractivity contribution in [1.29, 1.82) is 0 Å². The molecule has 276 valence electrons. The standard InChI is InChI=1S/C8H10.C7H9N.C7H14.2C6H13N.C6H8S.2C2H6/c1-7-3-5-8(2)6-4-7;1-6-3-4-7(2)8-5-6;1-7-5-3-2-4-6-7;1-6-3-4-7(2)5-6;1-7-5-3-2-4-6-7;1-5-3-4-6(2)7-5;2*1-2/h3-6H,1-2H3;3-5H,1-2H3;7H,2-6H2,1H3;6H,3-5H2,1-2H3;2-6H2,1H3;3-4H,1-2H3;2*1-2H3. The fraction of sp³-hybridized carbons (Fsp3) is 0.659. The number of nitrogens with zero attached hydrogens (tertiary/aromatic N) is 3. The van der Waals surface area contributed by atoms with Gasteiger partial charge in [0.25, 0.3) is 0 Å². The van der Waals surface area contributed by atoms with Gasteiger partial charge in [-0.3, -0.25) is 4.98 Å². The summed E-state index contributed by atoms with van der Waals surface area (Å²) in [6.45, 7) is 30.4. The van der Waals surface area contributed by atoms with Crippen molar-refractivity contribution in [1.82, 2.24) is 14.8 Å². The number of benzene rings is 1. The zero-order valence-corrected chi connectivity index (χ0v) is 35.1. The number of aromatic nitrogens is 1. The summed E-state index contributed by atoms with van der Waals surface area (Å²) in [6.07, 6.45) is 15.0. The summed E-state index contributed by atoms with van der Waals surface area (Å²) < 4.78 is 0. The van der Waals surface area contributed by atoms with E-state index < -0.39 is 0 Å². The summed E-state index contributed by atoms with van der Waals surface area (Å²) in [6, 6.07) is 16.8. The average molecular weight is 682 g/mol. The van der Waals surface area contributed by atoms with Crippen molar-refractivity contribution < 1.29 is 0 Å². The van der Waals surface area contributed by atoms with Gasteiger partial charge in [-0.05, 0) is 130 Å². The van der Waals surface area contributed by atoms with Crippen LogP contribution in [0.15, 0.2) is 54.7 Å². The van der Waals surface area contributed by atoms with Crippen molar-refractivity contribution in [3.05, 3.63) is 86.9 Å². The highest BCUT2D eigenvalue weighted by atomic mass is 32.1. The molecule has 3 nitrogen and oxygen atoms in total. The topological polar surface area (TPSA) is 19.4 Å². The van der Waals surface area contributed by atoms with Crippen LogP contribution in [-0.2, 0) is 0 Å². The van der Waals surface area contributed by atoms with Crippen LogP contribution in [0.2, 0.25) is 0 Å². The Bertz CT molecular complexity index is 930. The van der Waals surface area contributed by atoms with E-state index in [4.69, 9.17) is 0 Å². The van der Waals surface area contributed by atoms with E-state index in [0.29, 0.717) is 0 Å². The molecule has 0 bridgehead atoms. The van der Waals surface area contributed by atoms with E-state index in [0.717, 1.165) is 17.5 Å². The first kappa shape index (κ1) is 48.1. The number of hydrogen-bond donors (Lipinski definition) is 0. The van der Waals surface area contributed by atoms with Crippen LogP contribution >= 0.6 is 11.3 Å². The van der Waals surface area contributed by atoms with Crippen molar-refractivity contribution in [2.24, 2.45) is 11.8 Å². The molecule has 6 rings (SSSR count). The first-order chi connectivity index (χ1) is 22.9. The lowest BCUT2D eigenvalue weighted by Gasteiger charge is -2.20. The highest BCUT2D eigenvalue weighted by Gasteiger charge is 2.13. The Hall–Kier alpha value is -2.01. The van der Waals surface area contributed by atoms with Gasteiger partial charge in [-0.1, -0.05) is 122 Å². The smallest absolute Gasteiger partial charge is 0.0372 e. The molecule has 2 aliphatic heterocycles. The quantitative estimate of drug-likeness (QED) is 0.235. The van der Waals surface area contributed by atoms with Crippen LogP contribution in [0.3, 0.4) is 0 Å². The number of thiophene rings is 1. The first-order valence-electron chi connectivity index (χ1n) is 19.3. The highest BCUT2D eigenvalue weighted by molar-refractivity contribution is 7.11. The molecular weight excluding hydrogens is 603 g/mol. The van der Waals surface area contributed by atoms with E-state index >= 15 is 0 Å². The molecule has 0 radical (unpaired) electrons. The predicted octanol–water partition coefficient (Wildman–Crippen LogP) is 13.1. The third kappa shape index (κ3) is 30.1. The zero-order chi connectivity index (χ0) is 36.7. The predicted molar refractivity (Wildman–Crippen MR) is 221 cm³/mol. The largest absolute Gasteiger partial charge is 0.306 e. The maximum atomic E-state index is 4.08. The Morgan fingerprint density at radius 2 is 0.979 bits per heavy atom. The Morgan fingerprint density at radius 1 is 0.521 bits per heavy atom. The fourth-order valence-electron chi connectivity index (χ4n) is 5.25. The number of pyridine rings is 1. The van der Waals surface area contributed by atoms with Gasteiger partial charge >= 0.3 is 0 Å². The maximum Gasteiger partial charge on any atom is 0.0372 e. The summed E-state index contributed by atoms with van der Waals surface area (Å²) in [5.41, 5.74) is 4.96. The highest BCUT2D eigenvalue weighted by Crippen LogP contribution is 2.22. The van der Waals surface area contributed by atoms with Crippen LogP contribution in [0, 0.1) is 53.4 Å². The third-order valence-corrected chi connectivity index (χ3v) is 9.17. The molecule has 1 aromatic carbocycles. The van der Waals surface area contributed by atoms with Gasteiger partial charge in [0.15, 0.2) is 0 Å². The molecule has 1 atom stereocenters. The van der Waals surface area contributed by atoms with Gasteiger partial charge in [-0.15, -0.1) is 11.3 Å². The number of rotatable bonds is 0. The van der Waals surface area contributed by atoms with Crippen LogP contribution in [0.4, 0.5) is 0 Å². The molecule has 2 aromatic heterocycles. The van der Waals surface area contributed by atoms with Crippen molar-refractivity contribution >= 4 is 11.3 Å². The normalized spacial score (nSPS) is 17.1. The summed E-state index contributed by atoms with van der Waals surface area (Å²) in [7, 11) is 4.38. The van der Waals surface area contributed by atoms with E-state index in [1.54, 1.807) is 0 Å². The molecule has 1 saturated carbocycles. The minimum atomic E-state index is 0.949. The van der Waals surface area contributed by atoms with Crippen LogP contribution in [-0.4, -0.2) is 55.1 Å². The zero-order valence-electron chi connectivity index (χ0n) is 34.3. The minimum absolute atomic E-state index is 0.949. The molecular formula is C44H79N3S. The molecule has 0 N–H and O–H groups in total. The monoisotopic (exact) mass is 682 g/mol. The van der Waals surface area contributed by atoms with Gasteiger partial charge in [0, 0.05) is 28.2 Å². The Labute approximate surface area is 305 Å². The molecule has 48 heavy (non-hydrogen) atoms. The van der Waals surface area contributed by atoms with Gasteiger partial charge in [-0.25, -0.2) is 0 Å². The van der Waals surface area contributed by atoms with E-state index in [-0.39, 0.29) is 0 Å². The SMILES string of the molecule is CC.CC.CC1CCCCC1.CC1CCN(C)C1.CN1CCCCC1.Cc1ccc(C)cc1.Cc1ccc(C)nc1.Cc1ccc(C)s1. The van der Waals surface area contributed by atoms with E-state index in [1.807, 2.05) is 65.1 Å². The van der Waals surface area contributed by atoms with Crippen molar-refractivity contribution in [3.8, 4) is 0 Å². The molecule has 4 heterocycles. The fourth-order valence-corrected chi connectivity index (χ4v) is 6.03. The summed E-state index contributed by atoms with van der Waals surface area (Å²) in [5, 5.41) is 0. The van der Waals surface area contributed by atoms with E-state index in [1.165, 1.54) is 110 Å². The van der Waals surface area contributed by atoms with Gasteiger partial charge in [-0.2, -0.15) is 0 Å². The second kappa shape index (κ2) is 32.2. The summed E-state index contributed by atoms with van der Waals surface area (Å²) >= 11 is 1.84. The summed E-state index contributed by atoms with van der Waals surface area (Å²) in [5.74, 6) is 1.98. The van der Waals surface area contributed by atoms with Crippen LogP contribution < -0.4 is 0 Å². The molecule has 3 aliphatic rings. The van der Waals surface area contributed by atoms with Gasteiger partial charge in [0.1, 0.15) is 0 Å². The lowest BCUT2D eigenvalue weighted by molar-refractivity contribution is 0.277. The molecule has 1 unspecified atom stereocenters. The number of aryl methyl sites for hydroxylation is 6. The Balaban J connectivity index is 0. The molecule has 4 heteroatoms. The van der Waals surface area contributed by atoms with Gasteiger partial charge in [0.2, 0.25) is 0 Å². The number of hydrogen-bond acceptors (Lipinski definition) is 4. The number of piperidine rings is 1. The maximum absolute atomic E-state index is 4.08. The van der Waals surface area contributed by atoms with Gasteiger partial charge < -0.3 is 9.80 Å². The Kier molecular flexibility index (Phi) is 32.3. The van der Waals surface area contributed by atoms with Crippen LogP contribution in [0.25, 0.3) is 0 Å².